The highest BCUT2D eigenvalue weighted by molar-refractivity contribution is 7.90. The Morgan fingerprint density at radius 3 is 2.15 bits per heavy atom. The summed E-state index contributed by atoms with van der Waals surface area (Å²) in [5.74, 6) is -0.420. The van der Waals surface area contributed by atoms with Crippen molar-refractivity contribution < 1.29 is 17.6 Å². The van der Waals surface area contributed by atoms with E-state index in [9.17, 15) is 17.6 Å². The summed E-state index contributed by atoms with van der Waals surface area (Å²) < 4.78 is 36.5. The molecule has 27 heavy (non-hydrogen) atoms. The summed E-state index contributed by atoms with van der Waals surface area (Å²) in [5.41, 5.74) is 1.35. The second kappa shape index (κ2) is 8.21. The van der Waals surface area contributed by atoms with Gasteiger partial charge in [-0.3, -0.25) is 4.79 Å². The van der Waals surface area contributed by atoms with Gasteiger partial charge in [0.25, 0.3) is 5.91 Å². The molecule has 2 aromatic carbocycles. The van der Waals surface area contributed by atoms with Crippen LogP contribution in [0.4, 0.5) is 4.39 Å². The van der Waals surface area contributed by atoms with E-state index in [1.807, 2.05) is 4.90 Å². The fourth-order valence-electron chi connectivity index (χ4n) is 3.56. The molecule has 1 fully saturated rings. The lowest BCUT2D eigenvalue weighted by molar-refractivity contribution is 0.0614. The molecule has 6 heteroatoms. The van der Waals surface area contributed by atoms with E-state index in [4.69, 9.17) is 0 Å². The fourth-order valence-corrected chi connectivity index (χ4v) is 4.19. The molecular weight excluding hydrogens is 365 g/mol. The van der Waals surface area contributed by atoms with Crippen LogP contribution in [0.1, 0.15) is 48.0 Å². The molecule has 0 saturated heterocycles. The number of halogens is 1. The van der Waals surface area contributed by atoms with Crippen molar-refractivity contribution in [3.05, 3.63) is 65.5 Å². The number of hydrogen-bond donors (Lipinski definition) is 0. The number of amides is 1. The van der Waals surface area contributed by atoms with Crippen molar-refractivity contribution in [2.75, 3.05) is 6.26 Å². The number of hydrogen-bond acceptors (Lipinski definition) is 3. The van der Waals surface area contributed by atoms with Gasteiger partial charge in [-0.25, -0.2) is 12.8 Å². The maximum absolute atomic E-state index is 13.2. The Balaban J connectivity index is 1.86. The van der Waals surface area contributed by atoms with Crippen LogP contribution in [0.3, 0.4) is 0 Å². The summed E-state index contributed by atoms with van der Waals surface area (Å²) in [6.07, 6.45) is 6.41. The number of benzene rings is 2. The maximum Gasteiger partial charge on any atom is 0.254 e. The molecule has 2 aromatic rings. The molecule has 0 heterocycles. The van der Waals surface area contributed by atoms with Crippen LogP contribution in [0.15, 0.2) is 53.4 Å². The summed E-state index contributed by atoms with van der Waals surface area (Å²) in [7, 11) is -3.30. The van der Waals surface area contributed by atoms with E-state index < -0.39 is 9.84 Å². The van der Waals surface area contributed by atoms with Crippen molar-refractivity contribution >= 4 is 15.7 Å². The normalized spacial score (nSPS) is 15.5. The first-order valence-electron chi connectivity index (χ1n) is 9.20. The van der Waals surface area contributed by atoms with Crippen LogP contribution in [-0.4, -0.2) is 31.5 Å². The minimum Gasteiger partial charge on any atom is -0.331 e. The van der Waals surface area contributed by atoms with Crippen LogP contribution < -0.4 is 0 Å². The molecular formula is C21H24FNO3S. The minimum atomic E-state index is -3.30. The van der Waals surface area contributed by atoms with Crippen LogP contribution >= 0.6 is 0 Å². The van der Waals surface area contributed by atoms with Gasteiger partial charge < -0.3 is 4.90 Å². The van der Waals surface area contributed by atoms with Crippen molar-refractivity contribution in [2.24, 2.45) is 0 Å². The third kappa shape index (κ3) is 4.95. The highest BCUT2D eigenvalue weighted by Gasteiger charge is 2.26. The van der Waals surface area contributed by atoms with E-state index in [1.54, 1.807) is 24.3 Å². The van der Waals surface area contributed by atoms with Crippen molar-refractivity contribution in [2.45, 2.75) is 49.6 Å². The highest BCUT2D eigenvalue weighted by atomic mass is 32.2. The lowest BCUT2D eigenvalue weighted by Gasteiger charge is -2.34. The van der Waals surface area contributed by atoms with E-state index in [0.717, 1.165) is 37.5 Å². The van der Waals surface area contributed by atoms with E-state index in [1.165, 1.54) is 30.7 Å². The molecule has 0 N–H and O–H groups in total. The predicted octanol–water partition coefficient (Wildman–Crippen LogP) is 4.20. The largest absolute Gasteiger partial charge is 0.331 e. The molecule has 0 bridgehead atoms. The third-order valence-corrected chi connectivity index (χ3v) is 6.20. The van der Waals surface area contributed by atoms with Gasteiger partial charge in [-0.1, -0.05) is 31.4 Å². The number of carbonyl (C=O) groups is 1. The zero-order valence-electron chi connectivity index (χ0n) is 15.4. The molecule has 0 atom stereocenters. The lowest BCUT2D eigenvalue weighted by Crippen LogP contribution is -2.41. The van der Waals surface area contributed by atoms with Gasteiger partial charge in [-0.15, -0.1) is 0 Å². The zero-order valence-corrected chi connectivity index (χ0v) is 16.2. The van der Waals surface area contributed by atoms with Crippen LogP contribution in [0.25, 0.3) is 0 Å². The minimum absolute atomic E-state index is 0.119. The highest BCUT2D eigenvalue weighted by Crippen LogP contribution is 2.26. The molecule has 1 aliphatic rings. The molecule has 1 amide bonds. The number of sulfone groups is 1. The second-order valence-corrected chi connectivity index (χ2v) is 9.16. The zero-order chi connectivity index (χ0) is 19.4. The van der Waals surface area contributed by atoms with Crippen LogP contribution in [0, 0.1) is 5.82 Å². The molecule has 1 saturated carbocycles. The van der Waals surface area contributed by atoms with Crippen LogP contribution in [0.2, 0.25) is 0 Å². The summed E-state index contributed by atoms with van der Waals surface area (Å²) in [6.45, 7) is 0.414. The summed E-state index contributed by atoms with van der Waals surface area (Å²) in [5, 5.41) is 0. The number of nitrogens with zero attached hydrogens (tertiary/aromatic N) is 1. The SMILES string of the molecule is CS(=O)(=O)c1ccc(C(=O)N(Cc2ccc(F)cc2)C2CCCCC2)cc1. The number of rotatable bonds is 5. The average molecular weight is 389 g/mol. The Hall–Kier alpha value is -2.21. The second-order valence-electron chi connectivity index (χ2n) is 7.15. The monoisotopic (exact) mass is 389 g/mol. The fraction of sp³-hybridized carbons (Fsp3) is 0.381. The first kappa shape index (κ1) is 19.5. The first-order valence-corrected chi connectivity index (χ1v) is 11.1. The van der Waals surface area contributed by atoms with Gasteiger partial charge in [0, 0.05) is 24.4 Å². The molecule has 144 valence electrons. The number of carbonyl (C=O) groups excluding carboxylic acids is 1. The van der Waals surface area contributed by atoms with Crippen molar-refractivity contribution in [3.8, 4) is 0 Å². The van der Waals surface area contributed by atoms with Gasteiger partial charge in [0.15, 0.2) is 9.84 Å². The van der Waals surface area contributed by atoms with Gasteiger partial charge in [-0.2, -0.15) is 0 Å². The van der Waals surface area contributed by atoms with Crippen molar-refractivity contribution in [3.63, 3.8) is 0 Å². The Kier molecular flexibility index (Phi) is 5.95. The summed E-state index contributed by atoms with van der Waals surface area (Å²) in [6, 6.07) is 12.4. The van der Waals surface area contributed by atoms with E-state index in [0.29, 0.717) is 12.1 Å². The van der Waals surface area contributed by atoms with Gasteiger partial charge in [-0.05, 0) is 54.8 Å². The molecule has 1 aliphatic carbocycles. The molecule has 0 aliphatic heterocycles. The lowest BCUT2D eigenvalue weighted by atomic mass is 9.93. The Morgan fingerprint density at radius 1 is 1.00 bits per heavy atom. The molecule has 0 radical (unpaired) electrons. The topological polar surface area (TPSA) is 54.5 Å². The maximum atomic E-state index is 13.2. The Bertz CT molecular complexity index is 886. The smallest absolute Gasteiger partial charge is 0.254 e. The van der Waals surface area contributed by atoms with Crippen LogP contribution in [-0.2, 0) is 16.4 Å². The van der Waals surface area contributed by atoms with Gasteiger partial charge in [0.2, 0.25) is 0 Å². The molecule has 4 nitrogen and oxygen atoms in total. The Labute approximate surface area is 159 Å². The average Bonchev–Trinajstić information content (AvgIpc) is 2.67. The quantitative estimate of drug-likeness (QED) is 0.770. The van der Waals surface area contributed by atoms with Crippen LogP contribution in [0.5, 0.6) is 0 Å². The standard InChI is InChI=1S/C21H24FNO3S/c1-27(25,26)20-13-9-17(10-14-20)21(24)23(19-5-3-2-4-6-19)15-16-7-11-18(22)12-8-16/h7-14,19H,2-6,15H2,1H3. The van der Waals surface area contributed by atoms with E-state index in [2.05, 4.69) is 0 Å². The third-order valence-electron chi connectivity index (χ3n) is 5.07. The Morgan fingerprint density at radius 2 is 1.59 bits per heavy atom. The summed E-state index contributed by atoms with van der Waals surface area (Å²) in [4.78, 5) is 15.2. The van der Waals surface area contributed by atoms with Crippen molar-refractivity contribution in [1.82, 2.24) is 4.90 Å². The van der Waals surface area contributed by atoms with Crippen molar-refractivity contribution in [1.29, 1.82) is 0 Å². The summed E-state index contributed by atoms with van der Waals surface area (Å²) >= 11 is 0. The molecule has 0 spiro atoms. The van der Waals surface area contributed by atoms with Gasteiger partial charge >= 0.3 is 0 Å². The molecule has 0 aromatic heterocycles. The molecule has 3 rings (SSSR count). The van der Waals surface area contributed by atoms with Gasteiger partial charge in [0.1, 0.15) is 5.82 Å². The predicted molar refractivity (Wildman–Crippen MR) is 103 cm³/mol. The first-order chi connectivity index (χ1) is 12.8. The molecule has 0 unspecified atom stereocenters. The van der Waals surface area contributed by atoms with E-state index in [-0.39, 0.29) is 22.7 Å². The van der Waals surface area contributed by atoms with E-state index >= 15 is 0 Å². The van der Waals surface area contributed by atoms with Gasteiger partial charge in [0.05, 0.1) is 4.90 Å².